The van der Waals surface area contributed by atoms with Crippen LogP contribution in [0.25, 0.3) is 0 Å². The van der Waals surface area contributed by atoms with Crippen LogP contribution in [0.2, 0.25) is 0 Å². The number of morpholine rings is 1. The van der Waals surface area contributed by atoms with Gasteiger partial charge in [0.05, 0.1) is 25.4 Å². The topological polar surface area (TPSA) is 101 Å². The standard InChI is InChI=1S/C16H21NO6S/c1-16(15(19)20,11-14(18)17-7-9-23-10-8-17)24(21,22)12-13-5-3-2-4-6-13/h2-6H,7-12H2,1H3,(H,19,20). The van der Waals surface area contributed by atoms with E-state index in [2.05, 4.69) is 0 Å². The molecule has 0 aromatic heterocycles. The molecule has 1 N–H and O–H groups in total. The third-order valence-corrected chi connectivity index (χ3v) is 6.60. The molecule has 1 aromatic rings. The van der Waals surface area contributed by atoms with Gasteiger partial charge in [-0.3, -0.25) is 9.59 Å². The van der Waals surface area contributed by atoms with Gasteiger partial charge in [0.2, 0.25) is 5.91 Å². The normalized spacial score (nSPS) is 18.0. The van der Waals surface area contributed by atoms with E-state index in [1.165, 1.54) is 4.90 Å². The second-order valence-corrected chi connectivity index (χ2v) is 8.37. The highest BCUT2D eigenvalue weighted by Crippen LogP contribution is 2.27. The number of amides is 1. The van der Waals surface area contributed by atoms with Crippen molar-refractivity contribution in [3.63, 3.8) is 0 Å². The van der Waals surface area contributed by atoms with E-state index in [4.69, 9.17) is 4.74 Å². The van der Waals surface area contributed by atoms with Crippen molar-refractivity contribution in [1.82, 2.24) is 4.90 Å². The molecular formula is C16H21NO6S. The largest absolute Gasteiger partial charge is 0.480 e. The van der Waals surface area contributed by atoms with Crippen LogP contribution in [0.15, 0.2) is 30.3 Å². The average Bonchev–Trinajstić information content (AvgIpc) is 2.55. The van der Waals surface area contributed by atoms with E-state index in [0.29, 0.717) is 31.9 Å². The van der Waals surface area contributed by atoms with E-state index < -0.39 is 38.6 Å². The maximum Gasteiger partial charge on any atom is 0.325 e. The van der Waals surface area contributed by atoms with E-state index in [0.717, 1.165) is 6.92 Å². The number of carbonyl (C=O) groups excluding carboxylic acids is 1. The minimum absolute atomic E-state index is 0.341. The maximum atomic E-state index is 12.7. The molecule has 0 bridgehead atoms. The number of sulfone groups is 1. The predicted molar refractivity (Wildman–Crippen MR) is 87.1 cm³/mol. The fourth-order valence-corrected chi connectivity index (χ4v) is 4.04. The predicted octanol–water partition coefficient (Wildman–Crippen LogP) is 0.694. The van der Waals surface area contributed by atoms with E-state index in [9.17, 15) is 23.1 Å². The molecule has 1 atom stereocenters. The van der Waals surface area contributed by atoms with Crippen molar-refractivity contribution in [1.29, 1.82) is 0 Å². The van der Waals surface area contributed by atoms with Gasteiger partial charge in [0, 0.05) is 13.1 Å². The van der Waals surface area contributed by atoms with Crippen molar-refractivity contribution in [2.24, 2.45) is 0 Å². The van der Waals surface area contributed by atoms with E-state index in [1.807, 2.05) is 0 Å². The molecule has 1 amide bonds. The van der Waals surface area contributed by atoms with Gasteiger partial charge in [0.25, 0.3) is 0 Å². The van der Waals surface area contributed by atoms with Crippen LogP contribution in [0.5, 0.6) is 0 Å². The summed E-state index contributed by atoms with van der Waals surface area (Å²) in [6.07, 6.45) is -0.586. The Morgan fingerprint density at radius 2 is 1.79 bits per heavy atom. The zero-order valence-electron chi connectivity index (χ0n) is 13.5. The fourth-order valence-electron chi connectivity index (χ4n) is 2.48. The smallest absolute Gasteiger partial charge is 0.325 e. The number of rotatable bonds is 6. The molecule has 2 rings (SSSR count). The number of benzene rings is 1. The van der Waals surface area contributed by atoms with E-state index >= 15 is 0 Å². The molecule has 24 heavy (non-hydrogen) atoms. The number of hydrogen-bond donors (Lipinski definition) is 1. The van der Waals surface area contributed by atoms with Crippen LogP contribution in [-0.2, 0) is 29.9 Å². The summed E-state index contributed by atoms with van der Waals surface area (Å²) in [7, 11) is -4.09. The molecule has 1 aromatic carbocycles. The Kier molecular flexibility index (Phi) is 5.61. The van der Waals surface area contributed by atoms with E-state index in [-0.39, 0.29) is 0 Å². The molecule has 132 valence electrons. The Labute approximate surface area is 141 Å². The van der Waals surface area contributed by atoms with Crippen molar-refractivity contribution in [3.8, 4) is 0 Å². The van der Waals surface area contributed by atoms with Gasteiger partial charge in [-0.25, -0.2) is 8.42 Å². The maximum absolute atomic E-state index is 12.7. The number of nitrogens with zero attached hydrogens (tertiary/aromatic N) is 1. The summed E-state index contributed by atoms with van der Waals surface area (Å²) in [6, 6.07) is 8.34. The number of carbonyl (C=O) groups is 2. The Balaban J connectivity index is 2.22. The van der Waals surface area contributed by atoms with Crippen molar-refractivity contribution in [3.05, 3.63) is 35.9 Å². The Bertz CT molecular complexity index is 697. The van der Waals surface area contributed by atoms with Gasteiger partial charge in [-0.2, -0.15) is 0 Å². The lowest BCUT2D eigenvalue weighted by Crippen LogP contribution is -2.50. The summed E-state index contributed by atoms with van der Waals surface area (Å²) in [5, 5.41) is 9.52. The molecular weight excluding hydrogens is 334 g/mol. The first kappa shape index (κ1) is 18.4. The average molecular weight is 355 g/mol. The number of carboxylic acids is 1. The highest BCUT2D eigenvalue weighted by molar-refractivity contribution is 7.92. The summed E-state index contributed by atoms with van der Waals surface area (Å²) in [4.78, 5) is 25.5. The van der Waals surface area contributed by atoms with Gasteiger partial charge < -0.3 is 14.7 Å². The summed E-state index contributed by atoms with van der Waals surface area (Å²) in [5.74, 6) is -2.42. The molecule has 0 radical (unpaired) electrons. The quantitative estimate of drug-likeness (QED) is 0.806. The van der Waals surface area contributed by atoms with Crippen LogP contribution in [-0.4, -0.2) is 61.4 Å². The minimum atomic E-state index is -4.09. The lowest BCUT2D eigenvalue weighted by molar-refractivity contribution is -0.145. The highest BCUT2D eigenvalue weighted by atomic mass is 32.2. The monoisotopic (exact) mass is 355 g/mol. The molecule has 1 saturated heterocycles. The number of aliphatic carboxylic acids is 1. The Hall–Kier alpha value is -1.93. The van der Waals surface area contributed by atoms with Crippen LogP contribution >= 0.6 is 0 Å². The van der Waals surface area contributed by atoms with Crippen molar-refractivity contribution in [2.45, 2.75) is 23.8 Å². The molecule has 1 heterocycles. The number of hydrogen-bond acceptors (Lipinski definition) is 5. The van der Waals surface area contributed by atoms with Crippen LogP contribution in [0.3, 0.4) is 0 Å². The number of carboxylic acid groups (broad SMARTS) is 1. The SMILES string of the molecule is CC(CC(=O)N1CCOCC1)(C(=O)O)S(=O)(=O)Cc1ccccc1. The van der Waals surface area contributed by atoms with Crippen LogP contribution < -0.4 is 0 Å². The third kappa shape index (κ3) is 3.93. The van der Waals surface area contributed by atoms with Crippen molar-refractivity contribution in [2.75, 3.05) is 26.3 Å². The first-order valence-electron chi connectivity index (χ1n) is 7.61. The van der Waals surface area contributed by atoms with Gasteiger partial charge in [-0.15, -0.1) is 0 Å². The second kappa shape index (κ2) is 7.31. The van der Waals surface area contributed by atoms with Crippen LogP contribution in [0.1, 0.15) is 18.9 Å². The molecule has 0 spiro atoms. The lowest BCUT2D eigenvalue weighted by Gasteiger charge is -2.31. The third-order valence-electron chi connectivity index (χ3n) is 4.19. The molecule has 0 saturated carbocycles. The highest BCUT2D eigenvalue weighted by Gasteiger charge is 2.48. The van der Waals surface area contributed by atoms with E-state index in [1.54, 1.807) is 30.3 Å². The Morgan fingerprint density at radius 3 is 2.33 bits per heavy atom. The summed E-state index contributed by atoms with van der Waals surface area (Å²) in [5.41, 5.74) is 0.490. The first-order chi connectivity index (χ1) is 11.3. The van der Waals surface area contributed by atoms with Crippen molar-refractivity contribution >= 4 is 21.7 Å². The van der Waals surface area contributed by atoms with Gasteiger partial charge >= 0.3 is 5.97 Å². The molecule has 1 aliphatic rings. The number of ether oxygens (including phenoxy) is 1. The van der Waals surface area contributed by atoms with Crippen molar-refractivity contribution < 1.29 is 27.9 Å². The molecule has 8 heteroatoms. The molecule has 1 aliphatic heterocycles. The van der Waals surface area contributed by atoms with Gasteiger partial charge in [-0.1, -0.05) is 30.3 Å². The molecule has 0 aliphatic carbocycles. The van der Waals surface area contributed by atoms with Crippen LogP contribution in [0.4, 0.5) is 0 Å². The van der Waals surface area contributed by atoms with Gasteiger partial charge in [0.15, 0.2) is 14.6 Å². The zero-order chi connectivity index (χ0) is 17.8. The Morgan fingerprint density at radius 1 is 1.21 bits per heavy atom. The first-order valence-corrected chi connectivity index (χ1v) is 9.27. The lowest BCUT2D eigenvalue weighted by atomic mass is 10.1. The zero-order valence-corrected chi connectivity index (χ0v) is 14.3. The summed E-state index contributed by atoms with van der Waals surface area (Å²) < 4.78 is 28.4. The minimum Gasteiger partial charge on any atom is -0.480 e. The second-order valence-electron chi connectivity index (χ2n) is 5.95. The van der Waals surface area contributed by atoms with Crippen LogP contribution in [0, 0.1) is 0 Å². The molecule has 1 fully saturated rings. The summed E-state index contributed by atoms with van der Waals surface area (Å²) >= 11 is 0. The van der Waals surface area contributed by atoms with Gasteiger partial charge in [0.1, 0.15) is 0 Å². The molecule has 7 nitrogen and oxygen atoms in total. The summed E-state index contributed by atoms with van der Waals surface area (Å²) in [6.45, 7) is 2.52. The molecule has 1 unspecified atom stereocenters. The van der Waals surface area contributed by atoms with Gasteiger partial charge in [-0.05, 0) is 12.5 Å². The fraction of sp³-hybridized carbons (Fsp3) is 0.500.